The molecule has 0 aliphatic rings. The Labute approximate surface area is 133 Å². The maximum atomic E-state index is 13.6. The van der Waals surface area contributed by atoms with Crippen LogP contribution in [0.25, 0.3) is 0 Å². The van der Waals surface area contributed by atoms with Crippen LogP contribution in [0, 0.1) is 5.26 Å². The van der Waals surface area contributed by atoms with Gasteiger partial charge < -0.3 is 4.74 Å². The number of unbranched alkanes of at least 4 members (excludes halogenated alkanes) is 5. The molecule has 0 aliphatic heterocycles. The zero-order valence-electron chi connectivity index (χ0n) is 14.0. The van der Waals surface area contributed by atoms with Crippen LogP contribution in [0.3, 0.4) is 0 Å². The highest BCUT2D eigenvalue weighted by Crippen LogP contribution is 2.43. The number of hydrogen-bond donors (Lipinski definition) is 0. The highest BCUT2D eigenvalue weighted by atomic mass is 32.1. The van der Waals surface area contributed by atoms with Gasteiger partial charge in [-0.15, -0.1) is 0 Å². The number of thiazole rings is 1. The van der Waals surface area contributed by atoms with Crippen molar-refractivity contribution in [3.63, 3.8) is 0 Å². The minimum absolute atomic E-state index is 0.00371. The summed E-state index contributed by atoms with van der Waals surface area (Å²) < 4.78 is 18.9. The van der Waals surface area contributed by atoms with E-state index in [1.807, 2.05) is 0 Å². The van der Waals surface area contributed by atoms with Gasteiger partial charge in [-0.1, -0.05) is 77.1 Å². The average Bonchev–Trinajstić information content (AvgIpc) is 2.86. The molecule has 1 unspecified atom stereocenters. The van der Waals surface area contributed by atoms with Crippen LogP contribution in [-0.2, 0) is 5.41 Å². The fourth-order valence-electron chi connectivity index (χ4n) is 2.86. The van der Waals surface area contributed by atoms with Crippen molar-refractivity contribution in [1.29, 1.82) is 0 Å². The van der Waals surface area contributed by atoms with E-state index in [1.165, 1.54) is 44.9 Å². The molecule has 0 spiro atoms. The second-order valence-electron chi connectivity index (χ2n) is 6.13. The van der Waals surface area contributed by atoms with E-state index in [4.69, 9.17) is 4.74 Å². The number of rotatable bonds is 11. The van der Waals surface area contributed by atoms with Gasteiger partial charge in [0.25, 0.3) is 5.26 Å². The second kappa shape index (κ2) is 9.39. The molecule has 0 bridgehead atoms. The van der Waals surface area contributed by atoms with E-state index < -0.39 is 0 Å². The molecule has 0 aromatic carbocycles. The summed E-state index contributed by atoms with van der Waals surface area (Å²) in [5, 5.41) is -0.378. The van der Waals surface area contributed by atoms with Crippen molar-refractivity contribution in [2.45, 2.75) is 84.0 Å². The smallest absolute Gasteiger partial charge is 0.272 e. The third kappa shape index (κ3) is 5.57. The molecule has 0 saturated carbocycles. The molecule has 0 aliphatic carbocycles. The molecule has 1 rings (SSSR count). The number of methoxy groups -OCH3 is 1. The van der Waals surface area contributed by atoms with Crippen molar-refractivity contribution in [2.75, 3.05) is 7.11 Å². The summed E-state index contributed by atoms with van der Waals surface area (Å²) in [7, 11) is 1.58. The molecule has 21 heavy (non-hydrogen) atoms. The summed E-state index contributed by atoms with van der Waals surface area (Å²) in [4.78, 5) is 4.89. The van der Waals surface area contributed by atoms with Crippen LogP contribution in [0.1, 0.15) is 83.4 Å². The third-order valence-corrected chi connectivity index (χ3v) is 5.36. The van der Waals surface area contributed by atoms with Crippen LogP contribution in [0.2, 0.25) is 0 Å². The molecule has 1 atom stereocenters. The van der Waals surface area contributed by atoms with Gasteiger partial charge in [-0.05, 0) is 12.8 Å². The molecule has 1 aromatic rings. The van der Waals surface area contributed by atoms with Crippen molar-refractivity contribution in [3.8, 4) is 5.88 Å². The monoisotopic (exact) mass is 315 g/mol. The average molecular weight is 315 g/mol. The van der Waals surface area contributed by atoms with Gasteiger partial charge in [-0.2, -0.15) is 9.37 Å². The van der Waals surface area contributed by atoms with Crippen LogP contribution in [0.15, 0.2) is 0 Å². The van der Waals surface area contributed by atoms with E-state index in [0.29, 0.717) is 5.88 Å². The first kappa shape index (κ1) is 18.4. The first-order valence-corrected chi connectivity index (χ1v) is 9.09. The summed E-state index contributed by atoms with van der Waals surface area (Å²) in [6.07, 6.45) is 10.8. The van der Waals surface area contributed by atoms with E-state index in [-0.39, 0.29) is 10.7 Å². The van der Waals surface area contributed by atoms with Gasteiger partial charge in [-0.25, -0.2) is 0 Å². The fourth-order valence-corrected chi connectivity index (χ4v) is 3.82. The van der Waals surface area contributed by atoms with Gasteiger partial charge in [0, 0.05) is 5.41 Å². The maximum Gasteiger partial charge on any atom is 0.272 e. The molecule has 1 heterocycles. The van der Waals surface area contributed by atoms with Crippen LogP contribution in [-0.4, -0.2) is 12.1 Å². The van der Waals surface area contributed by atoms with Gasteiger partial charge in [0.1, 0.15) is 0 Å². The number of hydrogen-bond acceptors (Lipinski definition) is 3. The lowest BCUT2D eigenvalue weighted by Crippen LogP contribution is -2.21. The lowest BCUT2D eigenvalue weighted by Gasteiger charge is -2.29. The van der Waals surface area contributed by atoms with E-state index >= 15 is 0 Å². The predicted octanol–water partition coefficient (Wildman–Crippen LogP) is 6.10. The van der Waals surface area contributed by atoms with Crippen molar-refractivity contribution >= 4 is 11.3 Å². The Morgan fingerprint density at radius 3 is 2.19 bits per heavy atom. The normalized spacial score (nSPS) is 14.1. The standard InChI is InChI=1S/C17H30FNOS/c1-5-7-9-11-13-17(3,12-10-8-6-2)14-15(20-4)19-16(18)21-14/h5-13H2,1-4H3. The minimum atomic E-state index is -0.378. The van der Waals surface area contributed by atoms with Crippen molar-refractivity contribution in [3.05, 3.63) is 10.1 Å². The Morgan fingerprint density at radius 2 is 1.62 bits per heavy atom. The van der Waals surface area contributed by atoms with Gasteiger partial charge in [-0.3, -0.25) is 0 Å². The van der Waals surface area contributed by atoms with Crippen molar-refractivity contribution in [1.82, 2.24) is 4.98 Å². The lowest BCUT2D eigenvalue weighted by molar-refractivity contribution is 0.338. The Bertz CT molecular complexity index is 407. The number of aromatic nitrogens is 1. The number of ether oxygens (including phenoxy) is 1. The number of nitrogens with zero attached hydrogens (tertiary/aromatic N) is 1. The molecule has 2 nitrogen and oxygen atoms in total. The van der Waals surface area contributed by atoms with E-state index in [2.05, 4.69) is 25.8 Å². The summed E-state index contributed by atoms with van der Waals surface area (Å²) in [5.74, 6) is 0.493. The molecule has 122 valence electrons. The Kier molecular flexibility index (Phi) is 8.23. The Hall–Kier alpha value is -0.640. The largest absolute Gasteiger partial charge is 0.480 e. The van der Waals surface area contributed by atoms with Crippen LogP contribution in [0.5, 0.6) is 5.88 Å². The molecule has 0 radical (unpaired) electrons. The van der Waals surface area contributed by atoms with Crippen LogP contribution in [0.4, 0.5) is 4.39 Å². The topological polar surface area (TPSA) is 22.1 Å². The van der Waals surface area contributed by atoms with Gasteiger partial charge in [0.15, 0.2) is 0 Å². The lowest BCUT2D eigenvalue weighted by atomic mass is 9.78. The van der Waals surface area contributed by atoms with Crippen molar-refractivity contribution in [2.24, 2.45) is 0 Å². The van der Waals surface area contributed by atoms with Gasteiger partial charge >= 0.3 is 0 Å². The fraction of sp³-hybridized carbons (Fsp3) is 0.824. The van der Waals surface area contributed by atoms with E-state index in [1.54, 1.807) is 7.11 Å². The minimum Gasteiger partial charge on any atom is -0.480 e. The highest BCUT2D eigenvalue weighted by molar-refractivity contribution is 7.10. The summed E-state index contributed by atoms with van der Waals surface area (Å²) in [6, 6.07) is 0. The molecule has 0 saturated heterocycles. The van der Waals surface area contributed by atoms with Crippen LogP contribution >= 0.6 is 11.3 Å². The quantitative estimate of drug-likeness (QED) is 0.460. The molecule has 4 heteroatoms. The molecular weight excluding hydrogens is 285 g/mol. The molecule has 0 amide bonds. The first-order valence-electron chi connectivity index (χ1n) is 8.28. The Balaban J connectivity index is 2.82. The SMILES string of the molecule is CCCCCCC(C)(CCCCC)c1sc(F)nc1OC. The van der Waals surface area contributed by atoms with Crippen molar-refractivity contribution < 1.29 is 9.13 Å². The predicted molar refractivity (Wildman–Crippen MR) is 88.9 cm³/mol. The van der Waals surface area contributed by atoms with E-state index in [0.717, 1.165) is 29.1 Å². The molecular formula is C17H30FNOS. The summed E-state index contributed by atoms with van der Waals surface area (Å²) >= 11 is 1.16. The van der Waals surface area contributed by atoms with Crippen LogP contribution < -0.4 is 4.74 Å². The molecule has 0 N–H and O–H groups in total. The zero-order chi connectivity index (χ0) is 15.7. The molecule has 0 fully saturated rings. The molecule has 1 aromatic heterocycles. The van der Waals surface area contributed by atoms with Gasteiger partial charge in [0.05, 0.1) is 12.0 Å². The Morgan fingerprint density at radius 1 is 1.05 bits per heavy atom. The zero-order valence-corrected chi connectivity index (χ0v) is 14.8. The number of halogens is 1. The first-order chi connectivity index (χ1) is 10.1. The van der Waals surface area contributed by atoms with E-state index in [9.17, 15) is 4.39 Å². The summed E-state index contributed by atoms with van der Waals surface area (Å²) in [6.45, 7) is 6.69. The highest BCUT2D eigenvalue weighted by Gasteiger charge is 2.32. The maximum absolute atomic E-state index is 13.6. The van der Waals surface area contributed by atoms with Gasteiger partial charge in [0.2, 0.25) is 5.88 Å². The third-order valence-electron chi connectivity index (χ3n) is 4.23. The summed E-state index contributed by atoms with van der Waals surface area (Å²) in [5.41, 5.74) is -0.00371. The second-order valence-corrected chi connectivity index (χ2v) is 7.08.